The molecule has 19 heavy (non-hydrogen) atoms. The standard InChI is InChI=1S/C12H13F3N2O.ClH/c13-12(14,15)7-1-2-11(17-3-7)18-6-10-8-4-16-5-9(8)10;/h1-3,8-10,16H,4-6H2;1H/t8-,9+,10+;. The van der Waals surface area contributed by atoms with E-state index in [-0.39, 0.29) is 18.3 Å². The number of pyridine rings is 1. The van der Waals surface area contributed by atoms with Crippen molar-refractivity contribution in [2.45, 2.75) is 6.18 Å². The normalized spacial score (nSPS) is 28.5. The van der Waals surface area contributed by atoms with Crippen LogP contribution in [0.5, 0.6) is 5.88 Å². The highest BCUT2D eigenvalue weighted by atomic mass is 35.5. The maximum absolute atomic E-state index is 12.3. The molecular formula is C12H14ClF3N2O. The summed E-state index contributed by atoms with van der Waals surface area (Å²) in [5.41, 5.74) is -0.748. The molecule has 0 radical (unpaired) electrons. The fourth-order valence-corrected chi connectivity index (χ4v) is 2.61. The van der Waals surface area contributed by atoms with Crippen molar-refractivity contribution in [2.24, 2.45) is 17.8 Å². The van der Waals surface area contributed by atoms with Crippen LogP contribution in [0.25, 0.3) is 0 Å². The summed E-state index contributed by atoms with van der Waals surface area (Å²) in [4.78, 5) is 3.68. The molecule has 3 atom stereocenters. The number of fused-ring (bicyclic) bond motifs is 1. The largest absolute Gasteiger partial charge is 0.477 e. The van der Waals surface area contributed by atoms with Crippen LogP contribution in [0.1, 0.15) is 5.56 Å². The lowest BCUT2D eigenvalue weighted by Crippen LogP contribution is -2.17. The molecule has 0 bridgehead atoms. The Hall–Kier alpha value is -1.01. The molecular weight excluding hydrogens is 281 g/mol. The lowest BCUT2D eigenvalue weighted by atomic mass is 10.3. The van der Waals surface area contributed by atoms with Gasteiger partial charge in [0.05, 0.1) is 12.2 Å². The molecule has 0 unspecified atom stereocenters. The van der Waals surface area contributed by atoms with Crippen LogP contribution < -0.4 is 10.1 Å². The lowest BCUT2D eigenvalue weighted by molar-refractivity contribution is -0.137. The minimum Gasteiger partial charge on any atom is -0.477 e. The minimum atomic E-state index is -4.34. The average Bonchev–Trinajstić information content (AvgIpc) is 2.77. The number of aromatic nitrogens is 1. The molecule has 2 fully saturated rings. The van der Waals surface area contributed by atoms with Gasteiger partial charge in [-0.1, -0.05) is 0 Å². The minimum absolute atomic E-state index is 0. The van der Waals surface area contributed by atoms with Crippen LogP contribution in [-0.2, 0) is 6.18 Å². The van der Waals surface area contributed by atoms with E-state index in [0.717, 1.165) is 25.4 Å². The quantitative estimate of drug-likeness (QED) is 0.929. The Morgan fingerprint density at radius 1 is 1.26 bits per heavy atom. The number of piperidine rings is 1. The van der Waals surface area contributed by atoms with Crippen molar-refractivity contribution in [1.29, 1.82) is 0 Å². The SMILES string of the molecule is Cl.FC(F)(F)c1ccc(OC[C@H]2[C@@H]3CNC[C@@H]32)nc1. The smallest absolute Gasteiger partial charge is 0.417 e. The summed E-state index contributed by atoms with van der Waals surface area (Å²) in [5.74, 6) is 2.16. The second-order valence-corrected chi connectivity index (χ2v) is 4.84. The van der Waals surface area contributed by atoms with E-state index in [1.54, 1.807) is 0 Å². The van der Waals surface area contributed by atoms with E-state index in [1.807, 2.05) is 0 Å². The summed E-state index contributed by atoms with van der Waals surface area (Å²) < 4.78 is 42.4. The highest BCUT2D eigenvalue weighted by Gasteiger charge is 2.53. The summed E-state index contributed by atoms with van der Waals surface area (Å²) in [6, 6.07) is 2.27. The zero-order chi connectivity index (χ0) is 12.8. The summed E-state index contributed by atoms with van der Waals surface area (Å²) in [6.07, 6.45) is -3.53. The molecule has 3 rings (SSSR count). The van der Waals surface area contributed by atoms with E-state index in [1.165, 1.54) is 6.07 Å². The Morgan fingerprint density at radius 3 is 2.47 bits per heavy atom. The summed E-state index contributed by atoms with van der Waals surface area (Å²) >= 11 is 0. The first-order valence-corrected chi connectivity index (χ1v) is 5.92. The molecule has 1 aromatic heterocycles. The molecule has 7 heteroatoms. The topological polar surface area (TPSA) is 34.1 Å². The van der Waals surface area contributed by atoms with Crippen molar-refractivity contribution < 1.29 is 17.9 Å². The van der Waals surface area contributed by atoms with Crippen molar-refractivity contribution in [3.63, 3.8) is 0 Å². The summed E-state index contributed by atoms with van der Waals surface area (Å²) in [6.45, 7) is 2.60. The Balaban J connectivity index is 0.00000133. The van der Waals surface area contributed by atoms with Gasteiger partial charge in [-0.3, -0.25) is 0 Å². The van der Waals surface area contributed by atoms with Crippen molar-refractivity contribution in [2.75, 3.05) is 19.7 Å². The number of nitrogens with zero attached hydrogens (tertiary/aromatic N) is 1. The second kappa shape index (κ2) is 5.17. The number of alkyl halides is 3. The molecule has 1 N–H and O–H groups in total. The van der Waals surface area contributed by atoms with Crippen molar-refractivity contribution >= 4 is 12.4 Å². The maximum atomic E-state index is 12.3. The van der Waals surface area contributed by atoms with Gasteiger partial charge < -0.3 is 10.1 Å². The van der Waals surface area contributed by atoms with Gasteiger partial charge in [0.15, 0.2) is 0 Å². The van der Waals surface area contributed by atoms with Crippen molar-refractivity contribution in [1.82, 2.24) is 10.3 Å². The van der Waals surface area contributed by atoms with E-state index < -0.39 is 11.7 Å². The first kappa shape index (κ1) is 14.4. The van der Waals surface area contributed by atoms with Crippen molar-refractivity contribution in [3.05, 3.63) is 23.9 Å². The molecule has 106 valence electrons. The predicted octanol–water partition coefficient (Wildman–Crippen LogP) is 2.37. The zero-order valence-corrected chi connectivity index (χ0v) is 10.8. The van der Waals surface area contributed by atoms with Gasteiger partial charge in [-0.15, -0.1) is 12.4 Å². The third-order valence-corrected chi connectivity index (χ3v) is 3.76. The molecule has 1 aliphatic heterocycles. The van der Waals surface area contributed by atoms with Gasteiger partial charge in [0.1, 0.15) is 0 Å². The van der Waals surface area contributed by atoms with Crippen LogP contribution in [0, 0.1) is 17.8 Å². The molecule has 1 aliphatic carbocycles. The summed E-state index contributed by atoms with van der Waals surface area (Å²) in [5, 5.41) is 3.28. The molecule has 0 aromatic carbocycles. The molecule has 3 nitrogen and oxygen atoms in total. The van der Waals surface area contributed by atoms with E-state index in [2.05, 4.69) is 10.3 Å². The lowest BCUT2D eigenvalue weighted by Gasteiger charge is -2.09. The van der Waals surface area contributed by atoms with Gasteiger partial charge in [0, 0.05) is 18.2 Å². The monoisotopic (exact) mass is 294 g/mol. The maximum Gasteiger partial charge on any atom is 0.417 e. The van der Waals surface area contributed by atoms with Crippen LogP contribution in [-0.4, -0.2) is 24.7 Å². The van der Waals surface area contributed by atoms with Crippen LogP contribution in [0.3, 0.4) is 0 Å². The molecule has 0 spiro atoms. The van der Waals surface area contributed by atoms with Gasteiger partial charge in [-0.2, -0.15) is 13.2 Å². The Morgan fingerprint density at radius 2 is 1.95 bits per heavy atom. The number of hydrogen-bond donors (Lipinski definition) is 1. The van der Waals surface area contributed by atoms with Crippen LogP contribution >= 0.6 is 12.4 Å². The van der Waals surface area contributed by atoms with E-state index in [9.17, 15) is 13.2 Å². The number of halogens is 4. The third kappa shape index (κ3) is 2.95. The third-order valence-electron chi connectivity index (χ3n) is 3.76. The predicted molar refractivity (Wildman–Crippen MR) is 65.3 cm³/mol. The van der Waals surface area contributed by atoms with Gasteiger partial charge in [-0.05, 0) is 31.0 Å². The number of nitrogens with one attached hydrogen (secondary N) is 1. The zero-order valence-electron chi connectivity index (χ0n) is 9.98. The molecule has 1 saturated carbocycles. The fraction of sp³-hybridized carbons (Fsp3) is 0.583. The van der Waals surface area contributed by atoms with Crippen LogP contribution in [0.2, 0.25) is 0 Å². The van der Waals surface area contributed by atoms with Crippen LogP contribution in [0.15, 0.2) is 18.3 Å². The highest BCUT2D eigenvalue weighted by Crippen LogP contribution is 2.48. The van der Waals surface area contributed by atoms with Gasteiger partial charge in [-0.25, -0.2) is 4.98 Å². The summed E-state index contributed by atoms with van der Waals surface area (Å²) in [7, 11) is 0. The second-order valence-electron chi connectivity index (χ2n) is 4.84. The Labute approximate surface area is 115 Å². The van der Waals surface area contributed by atoms with Gasteiger partial charge in [0.2, 0.25) is 5.88 Å². The molecule has 2 aliphatic rings. The highest BCUT2D eigenvalue weighted by molar-refractivity contribution is 5.85. The van der Waals surface area contributed by atoms with Gasteiger partial charge in [0.25, 0.3) is 0 Å². The van der Waals surface area contributed by atoms with Crippen LogP contribution in [0.4, 0.5) is 13.2 Å². The van der Waals surface area contributed by atoms with E-state index in [0.29, 0.717) is 24.4 Å². The number of rotatable bonds is 3. The average molecular weight is 295 g/mol. The molecule has 1 aromatic rings. The number of hydrogen-bond acceptors (Lipinski definition) is 3. The molecule has 2 heterocycles. The van der Waals surface area contributed by atoms with Crippen molar-refractivity contribution in [3.8, 4) is 5.88 Å². The van der Waals surface area contributed by atoms with E-state index in [4.69, 9.17) is 4.74 Å². The molecule has 1 saturated heterocycles. The Kier molecular flexibility index (Phi) is 3.92. The van der Waals surface area contributed by atoms with Gasteiger partial charge >= 0.3 is 6.18 Å². The first-order valence-electron chi connectivity index (χ1n) is 5.92. The fourth-order valence-electron chi connectivity index (χ4n) is 2.61. The molecule has 0 amide bonds. The van der Waals surface area contributed by atoms with E-state index >= 15 is 0 Å². The number of ether oxygens (including phenoxy) is 1. The Bertz CT molecular complexity index is 428. The first-order chi connectivity index (χ1) is 8.55.